The van der Waals surface area contributed by atoms with Crippen LogP contribution in [0.4, 0.5) is 0 Å². The van der Waals surface area contributed by atoms with Crippen LogP contribution in [0.5, 0.6) is 0 Å². The Hall–Kier alpha value is -0.600. The molecule has 1 atom stereocenters. The number of ether oxygens (including phenoxy) is 2. The van der Waals surface area contributed by atoms with Gasteiger partial charge in [0.05, 0.1) is 13.2 Å². The number of hydrogen-bond acceptors (Lipinski definition) is 2. The van der Waals surface area contributed by atoms with Crippen molar-refractivity contribution < 1.29 is 9.47 Å². The maximum atomic E-state index is 6.02. The van der Waals surface area contributed by atoms with Gasteiger partial charge in [0.25, 0.3) is 0 Å². The van der Waals surface area contributed by atoms with Crippen LogP contribution in [-0.2, 0) is 9.47 Å². The van der Waals surface area contributed by atoms with Crippen LogP contribution in [0.3, 0.4) is 0 Å². The third-order valence-corrected chi connectivity index (χ3v) is 4.36. The summed E-state index contributed by atoms with van der Waals surface area (Å²) in [4.78, 5) is 0. The fourth-order valence-corrected chi connectivity index (χ4v) is 3.15. The Balaban J connectivity index is 1.56. The Kier molecular flexibility index (Phi) is 3.34. The largest absolute Gasteiger partial charge is 0.352 e. The van der Waals surface area contributed by atoms with Crippen LogP contribution in [0.15, 0.2) is 24.3 Å². The van der Waals surface area contributed by atoms with Crippen molar-refractivity contribution in [2.45, 2.75) is 44.8 Å². The van der Waals surface area contributed by atoms with Crippen molar-refractivity contribution in [3.63, 3.8) is 0 Å². The van der Waals surface area contributed by atoms with Crippen LogP contribution in [-0.4, -0.2) is 19.5 Å². The topological polar surface area (TPSA) is 18.5 Å². The summed E-state index contributed by atoms with van der Waals surface area (Å²) in [5, 5.41) is 0. The van der Waals surface area contributed by atoms with Crippen molar-refractivity contribution in [3.8, 4) is 0 Å². The summed E-state index contributed by atoms with van der Waals surface area (Å²) in [7, 11) is 0. The predicted octanol–water partition coefficient (Wildman–Crippen LogP) is 3.44. The molecule has 0 amide bonds. The monoisotopic (exact) mass is 234 g/mol. The van der Waals surface area contributed by atoms with Gasteiger partial charge in [0, 0.05) is 11.3 Å². The minimum atomic E-state index is 0.0523. The molecule has 0 N–H and O–H groups in total. The van der Waals surface area contributed by atoms with Crippen LogP contribution >= 0.6 is 0 Å². The first-order valence-corrected chi connectivity index (χ1v) is 6.91. The molecule has 1 spiro atoms. The number of hydrogen-bond donors (Lipinski definition) is 0. The van der Waals surface area contributed by atoms with E-state index in [4.69, 9.17) is 9.47 Å². The maximum Gasteiger partial charge on any atom is 0.160 e. The van der Waals surface area contributed by atoms with E-state index in [0.717, 1.165) is 26.1 Å². The smallest absolute Gasteiger partial charge is 0.160 e. The van der Waals surface area contributed by atoms with E-state index in [-0.39, 0.29) is 11.7 Å². The highest BCUT2D eigenvalue weighted by Gasteiger charge is 2.38. The van der Waals surface area contributed by atoms with Gasteiger partial charge in [-0.25, -0.2) is 0 Å². The summed E-state index contributed by atoms with van der Waals surface area (Å²) in [6.45, 7) is 1.78. The standard InChI is InChI=1S/C15H22O2/c1-3-7-13(8-4-1)14-16-11-15(12-17-14)9-5-2-6-10-15/h1-3,5,13-14H,4,6-12H2. The molecule has 1 heterocycles. The molecule has 1 fully saturated rings. The zero-order valence-electron chi connectivity index (χ0n) is 10.4. The lowest BCUT2D eigenvalue weighted by atomic mass is 9.78. The van der Waals surface area contributed by atoms with Crippen molar-refractivity contribution in [2.75, 3.05) is 13.2 Å². The highest BCUT2D eigenvalue weighted by molar-refractivity contribution is 4.99. The second-order valence-electron chi connectivity index (χ2n) is 5.75. The van der Waals surface area contributed by atoms with Gasteiger partial charge in [-0.15, -0.1) is 0 Å². The molecule has 0 aromatic rings. The van der Waals surface area contributed by atoms with Gasteiger partial charge in [-0.3, -0.25) is 0 Å². The average molecular weight is 234 g/mol. The summed E-state index contributed by atoms with van der Waals surface area (Å²) in [5.41, 5.74) is 0.287. The fraction of sp³-hybridized carbons (Fsp3) is 0.733. The quantitative estimate of drug-likeness (QED) is 0.647. The maximum absolute atomic E-state index is 6.02. The molecule has 0 aromatic heterocycles. The van der Waals surface area contributed by atoms with Gasteiger partial charge in [0.1, 0.15) is 0 Å². The third-order valence-electron chi connectivity index (χ3n) is 4.36. The van der Waals surface area contributed by atoms with E-state index in [1.807, 2.05) is 0 Å². The summed E-state index contributed by atoms with van der Waals surface area (Å²) >= 11 is 0. The van der Waals surface area contributed by atoms with E-state index < -0.39 is 0 Å². The zero-order chi connectivity index (χ0) is 11.6. The lowest BCUT2D eigenvalue weighted by molar-refractivity contribution is -0.252. The Morgan fingerprint density at radius 3 is 2.41 bits per heavy atom. The molecule has 0 radical (unpaired) electrons. The first-order valence-electron chi connectivity index (χ1n) is 6.91. The molecule has 1 saturated heterocycles. The minimum absolute atomic E-state index is 0.0523. The zero-order valence-corrected chi connectivity index (χ0v) is 10.4. The van der Waals surface area contributed by atoms with Crippen LogP contribution < -0.4 is 0 Å². The molecule has 2 aliphatic carbocycles. The SMILES string of the molecule is C1=CCC(C2OCC3(CC=CCC3)CO2)CC1. The van der Waals surface area contributed by atoms with Crippen molar-refractivity contribution in [3.05, 3.63) is 24.3 Å². The van der Waals surface area contributed by atoms with Crippen LogP contribution in [0.1, 0.15) is 38.5 Å². The van der Waals surface area contributed by atoms with Crippen molar-refractivity contribution in [1.82, 2.24) is 0 Å². The van der Waals surface area contributed by atoms with E-state index in [1.54, 1.807) is 0 Å². The Bertz CT molecular complexity index is 311. The van der Waals surface area contributed by atoms with Crippen LogP contribution in [0, 0.1) is 11.3 Å². The average Bonchev–Trinajstić information content (AvgIpc) is 2.42. The molecule has 3 rings (SSSR count). The second kappa shape index (κ2) is 4.95. The van der Waals surface area contributed by atoms with Gasteiger partial charge in [0.15, 0.2) is 6.29 Å². The van der Waals surface area contributed by atoms with Crippen molar-refractivity contribution >= 4 is 0 Å². The molecule has 1 unspecified atom stereocenters. The van der Waals surface area contributed by atoms with E-state index >= 15 is 0 Å². The highest BCUT2D eigenvalue weighted by Crippen LogP contribution is 2.39. The van der Waals surface area contributed by atoms with E-state index in [9.17, 15) is 0 Å². The van der Waals surface area contributed by atoms with Crippen LogP contribution in [0.2, 0.25) is 0 Å². The summed E-state index contributed by atoms with van der Waals surface area (Å²) < 4.78 is 12.0. The molecule has 1 aliphatic heterocycles. The Morgan fingerprint density at radius 1 is 0.941 bits per heavy atom. The van der Waals surface area contributed by atoms with E-state index in [2.05, 4.69) is 24.3 Å². The van der Waals surface area contributed by atoms with Crippen LogP contribution in [0.25, 0.3) is 0 Å². The van der Waals surface area contributed by atoms with Gasteiger partial charge in [-0.1, -0.05) is 24.3 Å². The molecule has 2 heteroatoms. The minimum Gasteiger partial charge on any atom is -0.352 e. The molecule has 17 heavy (non-hydrogen) atoms. The number of rotatable bonds is 1. The van der Waals surface area contributed by atoms with Gasteiger partial charge >= 0.3 is 0 Å². The molecule has 0 bridgehead atoms. The highest BCUT2D eigenvalue weighted by atomic mass is 16.7. The first kappa shape index (κ1) is 11.5. The van der Waals surface area contributed by atoms with Gasteiger partial charge in [0.2, 0.25) is 0 Å². The second-order valence-corrected chi connectivity index (χ2v) is 5.75. The molecular weight excluding hydrogens is 212 g/mol. The third kappa shape index (κ3) is 2.48. The summed E-state index contributed by atoms with van der Waals surface area (Å²) in [6, 6.07) is 0. The molecule has 0 aromatic carbocycles. The molecule has 3 aliphatic rings. The molecule has 0 saturated carbocycles. The molecule has 2 nitrogen and oxygen atoms in total. The van der Waals surface area contributed by atoms with Crippen molar-refractivity contribution in [1.29, 1.82) is 0 Å². The lowest BCUT2D eigenvalue weighted by Crippen LogP contribution is -2.45. The Labute approximate surface area is 104 Å². The summed E-state index contributed by atoms with van der Waals surface area (Å²) in [5.74, 6) is 0.580. The van der Waals surface area contributed by atoms with Gasteiger partial charge in [-0.05, 0) is 38.5 Å². The molecular formula is C15H22O2. The normalized spacial score (nSPS) is 41.9. The van der Waals surface area contributed by atoms with Gasteiger partial charge < -0.3 is 9.47 Å². The Morgan fingerprint density at radius 2 is 1.76 bits per heavy atom. The van der Waals surface area contributed by atoms with Crippen molar-refractivity contribution in [2.24, 2.45) is 11.3 Å². The van der Waals surface area contributed by atoms with E-state index in [0.29, 0.717) is 5.92 Å². The summed E-state index contributed by atoms with van der Waals surface area (Å²) in [6.07, 6.45) is 16.2. The number of allylic oxidation sites excluding steroid dienone is 4. The van der Waals surface area contributed by atoms with E-state index in [1.165, 1.54) is 25.7 Å². The first-order chi connectivity index (χ1) is 8.38. The predicted molar refractivity (Wildman–Crippen MR) is 67.6 cm³/mol. The van der Waals surface area contributed by atoms with Gasteiger partial charge in [-0.2, -0.15) is 0 Å². The lowest BCUT2D eigenvalue weighted by Gasteiger charge is -2.43. The molecule has 94 valence electrons. The fourth-order valence-electron chi connectivity index (χ4n) is 3.15.